The molecule has 0 unspecified atom stereocenters. The maximum atomic E-state index is 13.5. The Morgan fingerprint density at radius 1 is 1.47 bits per heavy atom. The molecule has 1 heterocycles. The van der Waals surface area contributed by atoms with Crippen LogP contribution in [-0.4, -0.2) is 16.7 Å². The van der Waals surface area contributed by atoms with Crippen molar-refractivity contribution >= 4 is 0 Å². The average molecular weight is 261 g/mol. The van der Waals surface area contributed by atoms with Crippen LogP contribution in [0.15, 0.2) is 22.7 Å². The standard InChI is InChI=1S/C13H12FN3O2/c1-2-6-18-8-12-16-13(19-17-12)9-4-3-5-11(14)10(9)7-15/h3-5H,2,6,8H2,1H3. The molecule has 2 rings (SSSR count). The number of halogens is 1. The Hall–Kier alpha value is -2.26. The lowest BCUT2D eigenvalue weighted by Crippen LogP contribution is -1.96. The second-order valence-electron chi connectivity index (χ2n) is 3.84. The third kappa shape index (κ3) is 2.95. The number of ether oxygens (including phenoxy) is 1. The second-order valence-corrected chi connectivity index (χ2v) is 3.84. The lowest BCUT2D eigenvalue weighted by Gasteiger charge is -1.98. The molecule has 0 N–H and O–H groups in total. The summed E-state index contributed by atoms with van der Waals surface area (Å²) in [5, 5.41) is 12.7. The van der Waals surface area contributed by atoms with E-state index in [0.29, 0.717) is 12.4 Å². The molecule has 0 aliphatic rings. The van der Waals surface area contributed by atoms with Crippen molar-refractivity contribution in [1.29, 1.82) is 5.26 Å². The fraction of sp³-hybridized carbons (Fsp3) is 0.308. The van der Waals surface area contributed by atoms with Crippen molar-refractivity contribution < 1.29 is 13.7 Å². The SMILES string of the molecule is CCCOCc1noc(-c2cccc(F)c2C#N)n1. The summed E-state index contributed by atoms with van der Waals surface area (Å²) in [6.07, 6.45) is 0.896. The zero-order valence-electron chi connectivity index (χ0n) is 10.4. The highest BCUT2D eigenvalue weighted by atomic mass is 19.1. The molecular weight excluding hydrogens is 249 g/mol. The molecule has 0 aliphatic heterocycles. The fourth-order valence-corrected chi connectivity index (χ4v) is 1.55. The van der Waals surface area contributed by atoms with E-state index in [1.165, 1.54) is 12.1 Å². The molecule has 1 aromatic heterocycles. The van der Waals surface area contributed by atoms with E-state index in [4.69, 9.17) is 14.5 Å². The molecule has 5 nitrogen and oxygen atoms in total. The van der Waals surface area contributed by atoms with Gasteiger partial charge in [-0.15, -0.1) is 0 Å². The molecule has 0 amide bonds. The van der Waals surface area contributed by atoms with E-state index >= 15 is 0 Å². The topological polar surface area (TPSA) is 71.9 Å². The molecule has 0 bridgehead atoms. The van der Waals surface area contributed by atoms with Gasteiger partial charge >= 0.3 is 0 Å². The number of hydrogen-bond donors (Lipinski definition) is 0. The average Bonchev–Trinajstić information content (AvgIpc) is 2.87. The van der Waals surface area contributed by atoms with Crippen LogP contribution in [0.1, 0.15) is 24.7 Å². The Balaban J connectivity index is 2.24. The van der Waals surface area contributed by atoms with Crippen LogP contribution in [-0.2, 0) is 11.3 Å². The lowest BCUT2D eigenvalue weighted by atomic mass is 10.1. The largest absolute Gasteiger partial charge is 0.373 e. The molecule has 1 aromatic carbocycles. The molecule has 0 saturated heterocycles. The Bertz CT molecular complexity index is 604. The fourth-order valence-electron chi connectivity index (χ4n) is 1.55. The van der Waals surface area contributed by atoms with Crippen LogP contribution in [0.3, 0.4) is 0 Å². The summed E-state index contributed by atoms with van der Waals surface area (Å²) >= 11 is 0. The normalized spacial score (nSPS) is 10.4. The Labute approximate surface area is 109 Å². The summed E-state index contributed by atoms with van der Waals surface area (Å²) in [6, 6.07) is 6.05. The van der Waals surface area contributed by atoms with Gasteiger partial charge in [0.05, 0.1) is 5.56 Å². The highest BCUT2D eigenvalue weighted by Gasteiger charge is 2.15. The second kappa shape index (κ2) is 6.07. The molecule has 0 fully saturated rings. The first kappa shape index (κ1) is 13.2. The van der Waals surface area contributed by atoms with E-state index in [9.17, 15) is 4.39 Å². The van der Waals surface area contributed by atoms with E-state index in [1.54, 1.807) is 12.1 Å². The van der Waals surface area contributed by atoms with Gasteiger partial charge in [0.15, 0.2) is 5.82 Å². The maximum absolute atomic E-state index is 13.5. The van der Waals surface area contributed by atoms with Crippen LogP contribution >= 0.6 is 0 Å². The molecule has 19 heavy (non-hydrogen) atoms. The zero-order valence-corrected chi connectivity index (χ0v) is 10.4. The van der Waals surface area contributed by atoms with Crippen molar-refractivity contribution in [3.63, 3.8) is 0 Å². The molecule has 0 spiro atoms. The van der Waals surface area contributed by atoms with Gasteiger partial charge in [0, 0.05) is 6.61 Å². The van der Waals surface area contributed by atoms with Gasteiger partial charge in [-0.3, -0.25) is 0 Å². The number of hydrogen-bond acceptors (Lipinski definition) is 5. The molecule has 6 heteroatoms. The quantitative estimate of drug-likeness (QED) is 0.774. The molecule has 0 saturated carbocycles. The van der Waals surface area contributed by atoms with Gasteiger partial charge in [-0.1, -0.05) is 18.1 Å². The van der Waals surface area contributed by atoms with Gasteiger partial charge in [-0.05, 0) is 18.6 Å². The van der Waals surface area contributed by atoms with Gasteiger partial charge in [-0.25, -0.2) is 4.39 Å². The van der Waals surface area contributed by atoms with E-state index < -0.39 is 5.82 Å². The first-order chi connectivity index (χ1) is 9.26. The van der Waals surface area contributed by atoms with Crippen LogP contribution in [0, 0.1) is 17.1 Å². The van der Waals surface area contributed by atoms with Crippen LogP contribution in [0.4, 0.5) is 4.39 Å². The summed E-state index contributed by atoms with van der Waals surface area (Å²) in [5.74, 6) is -0.121. The minimum Gasteiger partial charge on any atom is -0.373 e. The predicted molar refractivity (Wildman–Crippen MR) is 64.4 cm³/mol. The van der Waals surface area contributed by atoms with Gasteiger partial charge in [0.2, 0.25) is 0 Å². The van der Waals surface area contributed by atoms with Crippen molar-refractivity contribution in [1.82, 2.24) is 10.1 Å². The van der Waals surface area contributed by atoms with Crippen LogP contribution in [0.5, 0.6) is 0 Å². The minimum atomic E-state index is -0.609. The van der Waals surface area contributed by atoms with E-state index in [1.807, 2.05) is 6.92 Å². The monoisotopic (exact) mass is 261 g/mol. The highest BCUT2D eigenvalue weighted by Crippen LogP contribution is 2.23. The summed E-state index contributed by atoms with van der Waals surface area (Å²) in [5.41, 5.74) is 0.184. The molecule has 2 aromatic rings. The van der Waals surface area contributed by atoms with Gasteiger partial charge in [0.1, 0.15) is 24.1 Å². The minimum absolute atomic E-state index is 0.104. The summed E-state index contributed by atoms with van der Waals surface area (Å²) in [6.45, 7) is 2.83. The summed E-state index contributed by atoms with van der Waals surface area (Å²) < 4.78 is 23.7. The first-order valence-corrected chi connectivity index (χ1v) is 5.85. The van der Waals surface area contributed by atoms with Crippen molar-refractivity contribution in [2.75, 3.05) is 6.61 Å². The van der Waals surface area contributed by atoms with E-state index in [2.05, 4.69) is 10.1 Å². The Morgan fingerprint density at radius 3 is 3.05 bits per heavy atom. The molecule has 0 radical (unpaired) electrons. The molecular formula is C13H12FN3O2. The van der Waals surface area contributed by atoms with Crippen molar-refractivity contribution in [3.05, 3.63) is 35.4 Å². The summed E-state index contributed by atoms with van der Waals surface area (Å²) in [4.78, 5) is 4.08. The van der Waals surface area contributed by atoms with Gasteiger partial charge < -0.3 is 9.26 Å². The van der Waals surface area contributed by atoms with E-state index in [0.717, 1.165) is 6.42 Å². The molecule has 0 aliphatic carbocycles. The molecule has 98 valence electrons. The maximum Gasteiger partial charge on any atom is 0.259 e. The zero-order chi connectivity index (χ0) is 13.7. The Kier molecular flexibility index (Phi) is 4.21. The van der Waals surface area contributed by atoms with Crippen molar-refractivity contribution in [2.45, 2.75) is 20.0 Å². The Morgan fingerprint density at radius 2 is 2.32 bits per heavy atom. The van der Waals surface area contributed by atoms with Crippen molar-refractivity contribution in [3.8, 4) is 17.5 Å². The third-order valence-corrected chi connectivity index (χ3v) is 2.40. The van der Waals surface area contributed by atoms with Crippen LogP contribution < -0.4 is 0 Å². The third-order valence-electron chi connectivity index (χ3n) is 2.40. The number of nitrogens with zero attached hydrogens (tertiary/aromatic N) is 3. The molecule has 0 atom stereocenters. The number of rotatable bonds is 5. The van der Waals surface area contributed by atoms with Gasteiger partial charge in [-0.2, -0.15) is 10.2 Å². The number of nitriles is 1. The summed E-state index contributed by atoms with van der Waals surface area (Å²) in [7, 11) is 0. The highest BCUT2D eigenvalue weighted by molar-refractivity contribution is 5.63. The van der Waals surface area contributed by atoms with Crippen LogP contribution in [0.2, 0.25) is 0 Å². The number of benzene rings is 1. The smallest absolute Gasteiger partial charge is 0.259 e. The first-order valence-electron chi connectivity index (χ1n) is 5.85. The number of aromatic nitrogens is 2. The van der Waals surface area contributed by atoms with E-state index in [-0.39, 0.29) is 23.6 Å². The lowest BCUT2D eigenvalue weighted by molar-refractivity contribution is 0.114. The van der Waals surface area contributed by atoms with Gasteiger partial charge in [0.25, 0.3) is 5.89 Å². The van der Waals surface area contributed by atoms with Crippen molar-refractivity contribution in [2.24, 2.45) is 0 Å². The van der Waals surface area contributed by atoms with Crippen LogP contribution in [0.25, 0.3) is 11.5 Å². The predicted octanol–water partition coefficient (Wildman–Crippen LogP) is 2.67.